The van der Waals surface area contributed by atoms with Crippen LogP contribution in [0.25, 0.3) is 16.7 Å². The first-order valence-corrected chi connectivity index (χ1v) is 4.51. The number of benzene rings is 1. The summed E-state index contributed by atoms with van der Waals surface area (Å²) in [5.74, 6) is 0. The Morgan fingerprint density at radius 2 is 2.20 bits per heavy atom. The maximum Gasteiger partial charge on any atom is 0.133 e. The van der Waals surface area contributed by atoms with Gasteiger partial charge in [0.25, 0.3) is 0 Å². The van der Waals surface area contributed by atoms with E-state index >= 15 is 0 Å². The van der Waals surface area contributed by atoms with Gasteiger partial charge in [-0.05, 0) is 24.3 Å². The van der Waals surface area contributed by atoms with E-state index in [-0.39, 0.29) is 0 Å². The fourth-order valence-electron chi connectivity index (χ4n) is 1.55. The van der Waals surface area contributed by atoms with E-state index in [1.165, 1.54) is 6.33 Å². The fourth-order valence-corrected chi connectivity index (χ4v) is 1.55. The van der Waals surface area contributed by atoms with E-state index < -0.39 is 0 Å². The molecule has 0 saturated carbocycles. The van der Waals surface area contributed by atoms with Gasteiger partial charge in [-0.3, -0.25) is 0 Å². The van der Waals surface area contributed by atoms with Crippen LogP contribution in [0.3, 0.4) is 0 Å². The van der Waals surface area contributed by atoms with Crippen molar-refractivity contribution in [1.82, 2.24) is 19.5 Å². The van der Waals surface area contributed by atoms with Gasteiger partial charge in [0, 0.05) is 12.4 Å². The lowest BCUT2D eigenvalue weighted by atomic mass is 10.3. The molecule has 0 aliphatic carbocycles. The number of hydrogen-bond donors (Lipinski definition) is 1. The lowest BCUT2D eigenvalue weighted by molar-refractivity contribution is 0.198. The zero-order valence-corrected chi connectivity index (χ0v) is 7.78. The highest BCUT2D eigenvalue weighted by atomic mass is 16.5. The molecule has 15 heavy (non-hydrogen) atoms. The minimum atomic E-state index is 0.669. The smallest absolute Gasteiger partial charge is 0.133 e. The van der Waals surface area contributed by atoms with Crippen LogP contribution in [0.4, 0.5) is 0 Å². The minimum absolute atomic E-state index is 0.669. The highest BCUT2D eigenvalue weighted by Crippen LogP contribution is 2.15. The van der Waals surface area contributed by atoms with Gasteiger partial charge in [0.1, 0.15) is 11.8 Å². The molecule has 74 valence electrons. The molecule has 1 N–H and O–H groups in total. The molecule has 2 aromatic heterocycles. The molecular weight excluding hydrogens is 192 g/mol. The molecule has 3 rings (SSSR count). The maximum absolute atomic E-state index is 9.46. The molecule has 1 aromatic carbocycles. The highest BCUT2D eigenvalue weighted by molar-refractivity contribution is 5.77. The van der Waals surface area contributed by atoms with E-state index in [0.29, 0.717) is 5.52 Å². The largest absolute Gasteiger partial charge is 0.427 e. The summed E-state index contributed by atoms with van der Waals surface area (Å²) in [5, 5.41) is 13.6. The number of nitrogens with zero attached hydrogens (tertiary/aromatic N) is 4. The Kier molecular flexibility index (Phi) is 1.53. The fraction of sp³-hybridized carbons (Fsp3) is 0. The van der Waals surface area contributed by atoms with E-state index in [1.54, 1.807) is 10.9 Å². The lowest BCUT2D eigenvalue weighted by Gasteiger charge is -2.01. The van der Waals surface area contributed by atoms with Gasteiger partial charge < -0.3 is 5.21 Å². The SMILES string of the molecule is On1cnc2ccc(-n3cccn3)cc21. The molecule has 0 aliphatic heterocycles. The molecule has 0 atom stereocenters. The van der Waals surface area contributed by atoms with E-state index in [0.717, 1.165) is 15.9 Å². The summed E-state index contributed by atoms with van der Waals surface area (Å²) in [5.41, 5.74) is 2.32. The van der Waals surface area contributed by atoms with Gasteiger partial charge >= 0.3 is 0 Å². The molecule has 2 heterocycles. The molecule has 0 bridgehead atoms. The Bertz CT molecular complexity index is 597. The highest BCUT2D eigenvalue weighted by Gasteiger charge is 2.03. The molecule has 0 aliphatic rings. The van der Waals surface area contributed by atoms with Crippen molar-refractivity contribution < 1.29 is 5.21 Å². The van der Waals surface area contributed by atoms with Crippen LogP contribution in [0, 0.1) is 0 Å². The van der Waals surface area contributed by atoms with E-state index in [1.807, 2.05) is 30.5 Å². The minimum Gasteiger partial charge on any atom is -0.427 e. The molecule has 0 fully saturated rings. The zero-order chi connectivity index (χ0) is 10.3. The number of rotatable bonds is 1. The summed E-state index contributed by atoms with van der Waals surface area (Å²) in [6.07, 6.45) is 4.93. The van der Waals surface area contributed by atoms with Crippen LogP contribution in [0.15, 0.2) is 43.0 Å². The summed E-state index contributed by atoms with van der Waals surface area (Å²) in [6.45, 7) is 0. The van der Waals surface area contributed by atoms with E-state index in [4.69, 9.17) is 0 Å². The van der Waals surface area contributed by atoms with Crippen molar-refractivity contribution in [3.63, 3.8) is 0 Å². The van der Waals surface area contributed by atoms with Crippen LogP contribution in [0.5, 0.6) is 0 Å². The van der Waals surface area contributed by atoms with Crippen LogP contribution in [0.1, 0.15) is 0 Å². The molecule has 0 amide bonds. The average molecular weight is 200 g/mol. The Balaban J connectivity index is 2.25. The van der Waals surface area contributed by atoms with Gasteiger partial charge in [-0.2, -0.15) is 9.83 Å². The Labute approximate surface area is 85.2 Å². The first kappa shape index (κ1) is 8.05. The number of aromatic nitrogens is 4. The van der Waals surface area contributed by atoms with Crippen LogP contribution < -0.4 is 0 Å². The summed E-state index contributed by atoms with van der Waals surface area (Å²) in [4.78, 5) is 4.02. The van der Waals surface area contributed by atoms with E-state index in [2.05, 4.69) is 10.1 Å². The van der Waals surface area contributed by atoms with Crippen molar-refractivity contribution in [2.45, 2.75) is 0 Å². The number of hydrogen-bond acceptors (Lipinski definition) is 3. The number of fused-ring (bicyclic) bond motifs is 1. The molecule has 5 heteroatoms. The van der Waals surface area contributed by atoms with Crippen LogP contribution in [-0.4, -0.2) is 24.7 Å². The van der Waals surface area contributed by atoms with Gasteiger partial charge in [0.2, 0.25) is 0 Å². The van der Waals surface area contributed by atoms with Crippen LogP contribution >= 0.6 is 0 Å². The normalized spacial score (nSPS) is 10.9. The Morgan fingerprint density at radius 3 is 3.00 bits per heavy atom. The molecular formula is C10H8N4O. The summed E-state index contributed by atoms with van der Waals surface area (Å²) in [7, 11) is 0. The third kappa shape index (κ3) is 1.17. The third-order valence-corrected chi connectivity index (χ3v) is 2.28. The van der Waals surface area contributed by atoms with Gasteiger partial charge in [-0.15, -0.1) is 0 Å². The maximum atomic E-state index is 9.46. The van der Waals surface area contributed by atoms with Gasteiger partial charge in [0.05, 0.1) is 11.2 Å². The quantitative estimate of drug-likeness (QED) is 0.605. The molecule has 0 spiro atoms. The second kappa shape index (κ2) is 2.84. The topological polar surface area (TPSA) is 55.9 Å². The lowest BCUT2D eigenvalue weighted by Crippen LogP contribution is -1.94. The van der Waals surface area contributed by atoms with Crippen molar-refractivity contribution >= 4 is 11.0 Å². The monoisotopic (exact) mass is 200 g/mol. The molecule has 0 saturated heterocycles. The molecule has 5 nitrogen and oxygen atoms in total. The van der Waals surface area contributed by atoms with Crippen molar-refractivity contribution in [3.8, 4) is 5.69 Å². The first-order valence-electron chi connectivity index (χ1n) is 4.51. The predicted molar refractivity (Wildman–Crippen MR) is 54.0 cm³/mol. The zero-order valence-electron chi connectivity index (χ0n) is 7.78. The van der Waals surface area contributed by atoms with Crippen LogP contribution in [0.2, 0.25) is 0 Å². The van der Waals surface area contributed by atoms with Gasteiger partial charge in [0.15, 0.2) is 0 Å². The van der Waals surface area contributed by atoms with Crippen molar-refractivity contribution in [1.29, 1.82) is 0 Å². The van der Waals surface area contributed by atoms with Gasteiger partial charge in [-0.1, -0.05) is 0 Å². The molecule has 0 unspecified atom stereocenters. The van der Waals surface area contributed by atoms with Crippen molar-refractivity contribution in [3.05, 3.63) is 43.0 Å². The Morgan fingerprint density at radius 1 is 1.27 bits per heavy atom. The second-order valence-corrected chi connectivity index (χ2v) is 3.21. The third-order valence-electron chi connectivity index (χ3n) is 2.28. The standard InChI is InChI=1S/C10H8N4O/c15-14-7-11-9-3-2-8(6-10(9)14)13-5-1-4-12-13/h1-7,15H. The second-order valence-electron chi connectivity index (χ2n) is 3.21. The average Bonchev–Trinajstić information content (AvgIpc) is 2.88. The van der Waals surface area contributed by atoms with Crippen LogP contribution in [-0.2, 0) is 0 Å². The summed E-state index contributed by atoms with van der Waals surface area (Å²) >= 11 is 0. The first-order chi connectivity index (χ1) is 7.34. The van der Waals surface area contributed by atoms with E-state index in [9.17, 15) is 5.21 Å². The van der Waals surface area contributed by atoms with Gasteiger partial charge in [-0.25, -0.2) is 9.67 Å². The molecule has 0 radical (unpaired) electrons. The van der Waals surface area contributed by atoms with Crippen molar-refractivity contribution in [2.24, 2.45) is 0 Å². The Hall–Kier alpha value is -2.30. The summed E-state index contributed by atoms with van der Waals surface area (Å²) in [6, 6.07) is 7.43. The number of imidazole rings is 1. The summed E-state index contributed by atoms with van der Waals surface area (Å²) < 4.78 is 2.73. The van der Waals surface area contributed by atoms with Crippen molar-refractivity contribution in [2.75, 3.05) is 0 Å². The molecule has 3 aromatic rings. The predicted octanol–water partition coefficient (Wildman–Crippen LogP) is 1.46.